The lowest BCUT2D eigenvalue weighted by Gasteiger charge is -2.08. The molecule has 4 nitrogen and oxygen atoms in total. The predicted octanol–water partition coefficient (Wildman–Crippen LogP) is 3.06. The van der Waals surface area contributed by atoms with Gasteiger partial charge in [-0.2, -0.15) is 13.2 Å². The molecule has 0 aliphatic rings. The molecule has 20 heavy (non-hydrogen) atoms. The lowest BCUT2D eigenvalue weighted by molar-refractivity contribution is -0.137. The summed E-state index contributed by atoms with van der Waals surface area (Å²) in [5.41, 5.74) is -0.356. The van der Waals surface area contributed by atoms with Gasteiger partial charge < -0.3 is 5.32 Å². The molecule has 1 N–H and O–H groups in total. The van der Waals surface area contributed by atoms with Crippen LogP contribution in [-0.4, -0.2) is 15.9 Å². The quantitative estimate of drug-likeness (QED) is 0.920. The van der Waals surface area contributed by atoms with E-state index >= 15 is 0 Å². The second-order valence-electron chi connectivity index (χ2n) is 4.02. The SMILES string of the molecule is Cc1nccc(C(=O)Nc2ccc(C(F)(F)F)cc2)n1. The highest BCUT2D eigenvalue weighted by molar-refractivity contribution is 6.02. The third-order valence-electron chi connectivity index (χ3n) is 2.48. The van der Waals surface area contributed by atoms with Gasteiger partial charge >= 0.3 is 6.18 Å². The average Bonchev–Trinajstić information content (AvgIpc) is 2.38. The van der Waals surface area contributed by atoms with Crippen molar-refractivity contribution < 1.29 is 18.0 Å². The number of carbonyl (C=O) groups is 1. The molecule has 0 spiro atoms. The van der Waals surface area contributed by atoms with E-state index in [9.17, 15) is 18.0 Å². The van der Waals surface area contributed by atoms with E-state index in [2.05, 4.69) is 15.3 Å². The largest absolute Gasteiger partial charge is 0.416 e. The van der Waals surface area contributed by atoms with Crippen LogP contribution in [0.3, 0.4) is 0 Å². The normalized spacial score (nSPS) is 11.2. The van der Waals surface area contributed by atoms with Crippen molar-refractivity contribution in [2.45, 2.75) is 13.1 Å². The standard InChI is InChI=1S/C13H10F3N3O/c1-8-17-7-6-11(18-8)12(20)19-10-4-2-9(3-5-10)13(14,15)16/h2-7H,1H3,(H,19,20). The topological polar surface area (TPSA) is 54.9 Å². The van der Waals surface area contributed by atoms with Crippen LogP contribution in [0.4, 0.5) is 18.9 Å². The maximum absolute atomic E-state index is 12.4. The van der Waals surface area contributed by atoms with E-state index in [0.717, 1.165) is 12.1 Å². The highest BCUT2D eigenvalue weighted by atomic mass is 19.4. The highest BCUT2D eigenvalue weighted by Crippen LogP contribution is 2.29. The Morgan fingerprint density at radius 3 is 2.35 bits per heavy atom. The molecular formula is C13H10F3N3O. The van der Waals surface area contributed by atoms with Crippen LogP contribution < -0.4 is 5.32 Å². The number of nitrogens with one attached hydrogen (secondary N) is 1. The molecule has 1 heterocycles. The Bertz CT molecular complexity index is 624. The molecule has 2 rings (SSSR count). The molecule has 0 fully saturated rings. The van der Waals surface area contributed by atoms with Gasteiger partial charge in [0, 0.05) is 11.9 Å². The van der Waals surface area contributed by atoms with Gasteiger partial charge in [-0.1, -0.05) is 0 Å². The number of aromatic nitrogens is 2. The zero-order chi connectivity index (χ0) is 14.8. The second kappa shape index (κ2) is 5.28. The molecule has 0 saturated heterocycles. The number of rotatable bonds is 2. The van der Waals surface area contributed by atoms with Crippen LogP contribution >= 0.6 is 0 Å². The Morgan fingerprint density at radius 2 is 1.80 bits per heavy atom. The molecule has 0 saturated carbocycles. The minimum Gasteiger partial charge on any atom is -0.321 e. The van der Waals surface area contributed by atoms with E-state index in [-0.39, 0.29) is 11.4 Å². The first-order valence-corrected chi connectivity index (χ1v) is 5.64. The van der Waals surface area contributed by atoms with Gasteiger partial charge in [0.15, 0.2) is 0 Å². The summed E-state index contributed by atoms with van der Waals surface area (Å²) in [7, 11) is 0. The molecule has 0 aliphatic heterocycles. The number of nitrogens with zero attached hydrogens (tertiary/aromatic N) is 2. The van der Waals surface area contributed by atoms with Crippen molar-refractivity contribution in [3.63, 3.8) is 0 Å². The van der Waals surface area contributed by atoms with Crippen molar-refractivity contribution in [1.82, 2.24) is 9.97 Å². The highest BCUT2D eigenvalue weighted by Gasteiger charge is 2.29. The molecule has 0 aliphatic carbocycles. The van der Waals surface area contributed by atoms with Crippen molar-refractivity contribution in [1.29, 1.82) is 0 Å². The molecule has 7 heteroatoms. The van der Waals surface area contributed by atoms with Gasteiger partial charge in [0.1, 0.15) is 11.5 Å². The number of alkyl halides is 3. The molecule has 0 bridgehead atoms. The predicted molar refractivity (Wildman–Crippen MR) is 66.2 cm³/mol. The van der Waals surface area contributed by atoms with E-state index in [1.807, 2.05) is 0 Å². The van der Waals surface area contributed by atoms with Crippen molar-refractivity contribution in [3.05, 3.63) is 53.6 Å². The molecule has 1 aromatic heterocycles. The summed E-state index contributed by atoms with van der Waals surface area (Å²) >= 11 is 0. The number of hydrogen-bond donors (Lipinski definition) is 1. The van der Waals surface area contributed by atoms with Gasteiger partial charge in [-0.15, -0.1) is 0 Å². The number of anilines is 1. The zero-order valence-electron chi connectivity index (χ0n) is 10.4. The molecule has 1 aromatic carbocycles. The van der Waals surface area contributed by atoms with Crippen LogP contribution in [0.25, 0.3) is 0 Å². The summed E-state index contributed by atoms with van der Waals surface area (Å²) in [5, 5.41) is 2.47. The van der Waals surface area contributed by atoms with E-state index in [4.69, 9.17) is 0 Å². The zero-order valence-corrected chi connectivity index (χ0v) is 10.4. The van der Waals surface area contributed by atoms with E-state index in [0.29, 0.717) is 5.82 Å². The number of benzene rings is 1. The molecule has 1 amide bonds. The summed E-state index contributed by atoms with van der Waals surface area (Å²) in [6, 6.07) is 5.61. The Kier molecular flexibility index (Phi) is 3.69. The number of amides is 1. The van der Waals surface area contributed by atoms with Crippen molar-refractivity contribution >= 4 is 11.6 Å². The Morgan fingerprint density at radius 1 is 1.15 bits per heavy atom. The van der Waals surface area contributed by atoms with E-state index < -0.39 is 17.6 Å². The molecule has 0 unspecified atom stereocenters. The average molecular weight is 281 g/mol. The van der Waals surface area contributed by atoms with Crippen LogP contribution in [0.2, 0.25) is 0 Å². The fourth-order valence-corrected chi connectivity index (χ4v) is 1.52. The summed E-state index contributed by atoms with van der Waals surface area (Å²) in [5.74, 6) is -0.0691. The number of aryl methyl sites for hydroxylation is 1. The summed E-state index contributed by atoms with van der Waals surface area (Å²) < 4.78 is 37.2. The summed E-state index contributed by atoms with van der Waals surface area (Å²) in [6.07, 6.45) is -2.96. The third kappa shape index (κ3) is 3.31. The Hall–Kier alpha value is -2.44. The van der Waals surface area contributed by atoms with Crippen molar-refractivity contribution in [3.8, 4) is 0 Å². The smallest absolute Gasteiger partial charge is 0.321 e. The van der Waals surface area contributed by atoms with E-state index in [1.54, 1.807) is 6.92 Å². The maximum atomic E-state index is 12.4. The number of hydrogen-bond acceptors (Lipinski definition) is 3. The fourth-order valence-electron chi connectivity index (χ4n) is 1.52. The first-order chi connectivity index (χ1) is 9.36. The first kappa shape index (κ1) is 14.0. The number of carbonyl (C=O) groups excluding carboxylic acids is 1. The Balaban J connectivity index is 2.12. The van der Waals surface area contributed by atoms with Gasteiger partial charge in [-0.3, -0.25) is 4.79 Å². The second-order valence-corrected chi connectivity index (χ2v) is 4.02. The minimum atomic E-state index is -4.40. The Labute approximate surface area is 112 Å². The van der Waals surface area contributed by atoms with Gasteiger partial charge in [0.05, 0.1) is 5.56 Å². The molecular weight excluding hydrogens is 271 g/mol. The number of halogens is 3. The van der Waals surface area contributed by atoms with E-state index in [1.165, 1.54) is 24.4 Å². The van der Waals surface area contributed by atoms with Gasteiger partial charge in [-0.25, -0.2) is 9.97 Å². The van der Waals surface area contributed by atoms with Crippen molar-refractivity contribution in [2.75, 3.05) is 5.32 Å². The van der Waals surface area contributed by atoms with Crippen molar-refractivity contribution in [2.24, 2.45) is 0 Å². The molecule has 0 atom stereocenters. The first-order valence-electron chi connectivity index (χ1n) is 5.64. The molecule has 2 aromatic rings. The van der Waals surface area contributed by atoms with Gasteiger partial charge in [0.25, 0.3) is 5.91 Å². The monoisotopic (exact) mass is 281 g/mol. The summed E-state index contributed by atoms with van der Waals surface area (Å²) in [6.45, 7) is 1.63. The van der Waals surface area contributed by atoms with Crippen LogP contribution in [-0.2, 0) is 6.18 Å². The van der Waals surface area contributed by atoms with Crippen LogP contribution in [0.15, 0.2) is 36.5 Å². The van der Waals surface area contributed by atoms with Crippen LogP contribution in [0.5, 0.6) is 0 Å². The fraction of sp³-hybridized carbons (Fsp3) is 0.154. The summed E-state index contributed by atoms with van der Waals surface area (Å²) in [4.78, 5) is 19.6. The van der Waals surface area contributed by atoms with Gasteiger partial charge in [0.2, 0.25) is 0 Å². The lowest BCUT2D eigenvalue weighted by atomic mass is 10.2. The maximum Gasteiger partial charge on any atom is 0.416 e. The van der Waals surface area contributed by atoms with Crippen LogP contribution in [0, 0.1) is 6.92 Å². The lowest BCUT2D eigenvalue weighted by Crippen LogP contribution is -2.14. The third-order valence-corrected chi connectivity index (χ3v) is 2.48. The minimum absolute atomic E-state index is 0.150. The van der Waals surface area contributed by atoms with Gasteiger partial charge in [-0.05, 0) is 37.3 Å². The van der Waals surface area contributed by atoms with Crippen LogP contribution in [0.1, 0.15) is 21.9 Å². The molecule has 0 radical (unpaired) electrons. The molecule has 104 valence electrons.